The summed E-state index contributed by atoms with van der Waals surface area (Å²) in [4.78, 5) is 8.88. The molecule has 1 N–H and O–H groups in total. The van der Waals surface area contributed by atoms with Crippen LogP contribution in [-0.4, -0.2) is 16.0 Å². The van der Waals surface area contributed by atoms with Crippen molar-refractivity contribution in [2.75, 3.05) is 5.32 Å². The molecule has 3 aromatic rings. The molecule has 0 aliphatic carbocycles. The van der Waals surface area contributed by atoms with Gasteiger partial charge in [0.2, 0.25) is 0 Å². The number of hydrogen-bond donors (Lipinski definition) is 1. The molecule has 0 saturated heterocycles. The molecule has 2 heterocycles. The fourth-order valence-corrected chi connectivity index (χ4v) is 2.27. The molecule has 2 aromatic heterocycles. The summed E-state index contributed by atoms with van der Waals surface area (Å²) in [5.74, 6) is 1.43. The molecule has 19 heavy (non-hydrogen) atoms. The van der Waals surface area contributed by atoms with E-state index in [0.29, 0.717) is 16.4 Å². The number of anilines is 1. The number of nitrogens with one attached hydrogen (secondary N) is 1. The second-order valence-electron chi connectivity index (χ2n) is 4.84. The van der Waals surface area contributed by atoms with Crippen LogP contribution < -0.4 is 5.32 Å². The molecule has 1 aromatic carbocycles. The van der Waals surface area contributed by atoms with Gasteiger partial charge in [0.15, 0.2) is 11.4 Å². The van der Waals surface area contributed by atoms with E-state index in [1.807, 2.05) is 25.1 Å². The minimum atomic E-state index is 0.273. The average molecular weight is 276 g/mol. The van der Waals surface area contributed by atoms with Crippen LogP contribution in [-0.2, 0) is 0 Å². The Labute approximate surface area is 115 Å². The maximum atomic E-state index is 6.04. The molecule has 5 heteroatoms. The number of halogens is 1. The Balaban J connectivity index is 2.36. The molecule has 0 bridgehead atoms. The van der Waals surface area contributed by atoms with Gasteiger partial charge in [0.05, 0.1) is 0 Å². The SMILES string of the molecule is Cc1nc(NC(C)C)c2oc3ccc(Cl)cc3c2n1. The van der Waals surface area contributed by atoms with Crippen LogP contribution in [0.2, 0.25) is 5.02 Å². The van der Waals surface area contributed by atoms with Gasteiger partial charge < -0.3 is 9.73 Å². The Morgan fingerprint density at radius 1 is 1.26 bits per heavy atom. The van der Waals surface area contributed by atoms with Gasteiger partial charge >= 0.3 is 0 Å². The van der Waals surface area contributed by atoms with Crippen LogP contribution in [0.1, 0.15) is 19.7 Å². The summed E-state index contributed by atoms with van der Waals surface area (Å²) in [5, 5.41) is 4.87. The zero-order chi connectivity index (χ0) is 13.6. The van der Waals surface area contributed by atoms with Crippen molar-refractivity contribution in [3.63, 3.8) is 0 Å². The molecule has 4 nitrogen and oxygen atoms in total. The first-order chi connectivity index (χ1) is 9.04. The van der Waals surface area contributed by atoms with Gasteiger partial charge in [-0.1, -0.05) is 11.6 Å². The zero-order valence-electron chi connectivity index (χ0n) is 11.0. The number of hydrogen-bond acceptors (Lipinski definition) is 4. The van der Waals surface area contributed by atoms with E-state index in [0.717, 1.165) is 22.3 Å². The number of aromatic nitrogens is 2. The van der Waals surface area contributed by atoms with Crippen LogP contribution in [0.5, 0.6) is 0 Å². The van der Waals surface area contributed by atoms with Gasteiger partial charge in [-0.15, -0.1) is 0 Å². The Morgan fingerprint density at radius 3 is 2.79 bits per heavy atom. The summed E-state index contributed by atoms with van der Waals surface area (Å²) < 4.78 is 5.85. The predicted octanol–water partition coefficient (Wildman–Crippen LogP) is 4.16. The van der Waals surface area contributed by atoms with Crippen molar-refractivity contribution in [2.24, 2.45) is 0 Å². The smallest absolute Gasteiger partial charge is 0.196 e. The van der Waals surface area contributed by atoms with Gasteiger partial charge in [0.25, 0.3) is 0 Å². The van der Waals surface area contributed by atoms with E-state index in [-0.39, 0.29) is 6.04 Å². The van der Waals surface area contributed by atoms with Crippen molar-refractivity contribution >= 4 is 39.5 Å². The minimum Gasteiger partial charge on any atom is -0.450 e. The fraction of sp³-hybridized carbons (Fsp3) is 0.286. The highest BCUT2D eigenvalue weighted by Crippen LogP contribution is 2.32. The van der Waals surface area contributed by atoms with Crippen LogP contribution in [0.4, 0.5) is 5.82 Å². The second-order valence-corrected chi connectivity index (χ2v) is 5.28. The molecule has 0 amide bonds. The highest BCUT2D eigenvalue weighted by atomic mass is 35.5. The first kappa shape index (κ1) is 12.2. The maximum absolute atomic E-state index is 6.04. The van der Waals surface area contributed by atoms with Crippen molar-refractivity contribution in [3.05, 3.63) is 29.0 Å². The van der Waals surface area contributed by atoms with E-state index < -0.39 is 0 Å². The minimum absolute atomic E-state index is 0.273. The Hall–Kier alpha value is -1.81. The Kier molecular flexibility index (Phi) is 2.82. The highest BCUT2D eigenvalue weighted by molar-refractivity contribution is 6.31. The van der Waals surface area contributed by atoms with Crippen molar-refractivity contribution < 1.29 is 4.42 Å². The van der Waals surface area contributed by atoms with Crippen LogP contribution in [0.15, 0.2) is 22.6 Å². The molecule has 0 unspecified atom stereocenters. The molecular formula is C14H14ClN3O. The van der Waals surface area contributed by atoms with Gasteiger partial charge in [-0.25, -0.2) is 9.97 Å². The third kappa shape index (κ3) is 2.12. The standard InChI is InChI=1S/C14H14ClN3O/c1-7(2)16-14-13-12(17-8(3)18-14)10-6-9(15)4-5-11(10)19-13/h4-7H,1-3H3,(H,16,17,18). The largest absolute Gasteiger partial charge is 0.450 e. The second kappa shape index (κ2) is 4.38. The summed E-state index contributed by atoms with van der Waals surface area (Å²) >= 11 is 6.04. The van der Waals surface area contributed by atoms with Crippen molar-refractivity contribution in [3.8, 4) is 0 Å². The van der Waals surface area contributed by atoms with E-state index in [9.17, 15) is 0 Å². The summed E-state index contributed by atoms with van der Waals surface area (Å²) in [5.41, 5.74) is 2.25. The molecule has 0 spiro atoms. The molecule has 3 rings (SSSR count). The first-order valence-electron chi connectivity index (χ1n) is 6.17. The Morgan fingerprint density at radius 2 is 2.05 bits per heavy atom. The fourth-order valence-electron chi connectivity index (χ4n) is 2.10. The zero-order valence-corrected chi connectivity index (χ0v) is 11.7. The molecule has 0 saturated carbocycles. The molecule has 0 atom stereocenters. The van der Waals surface area contributed by atoms with Crippen LogP contribution in [0.25, 0.3) is 22.1 Å². The first-order valence-corrected chi connectivity index (χ1v) is 6.55. The van der Waals surface area contributed by atoms with Gasteiger partial charge in [-0.2, -0.15) is 0 Å². The van der Waals surface area contributed by atoms with Crippen LogP contribution in [0, 0.1) is 6.92 Å². The number of benzene rings is 1. The molecule has 98 valence electrons. The average Bonchev–Trinajstić information content (AvgIpc) is 2.67. The third-order valence-corrected chi connectivity index (χ3v) is 3.05. The van der Waals surface area contributed by atoms with E-state index in [4.69, 9.17) is 16.0 Å². The van der Waals surface area contributed by atoms with Gasteiger partial charge in [-0.05, 0) is 39.0 Å². The summed E-state index contributed by atoms with van der Waals surface area (Å²) in [6.07, 6.45) is 0. The van der Waals surface area contributed by atoms with E-state index in [1.165, 1.54) is 0 Å². The number of rotatable bonds is 2. The number of aryl methyl sites for hydroxylation is 1. The van der Waals surface area contributed by atoms with Gasteiger partial charge in [0.1, 0.15) is 16.9 Å². The van der Waals surface area contributed by atoms with E-state index in [1.54, 1.807) is 0 Å². The van der Waals surface area contributed by atoms with Crippen LogP contribution >= 0.6 is 11.6 Å². The quantitative estimate of drug-likeness (QED) is 0.763. The summed E-state index contributed by atoms with van der Waals surface area (Å²) in [7, 11) is 0. The molecule has 0 aliphatic rings. The number of furan rings is 1. The predicted molar refractivity (Wildman–Crippen MR) is 77.8 cm³/mol. The van der Waals surface area contributed by atoms with E-state index >= 15 is 0 Å². The lowest BCUT2D eigenvalue weighted by Gasteiger charge is -2.09. The molecule has 0 aliphatic heterocycles. The summed E-state index contributed by atoms with van der Waals surface area (Å²) in [6, 6.07) is 5.80. The third-order valence-electron chi connectivity index (χ3n) is 2.81. The van der Waals surface area contributed by atoms with E-state index in [2.05, 4.69) is 29.1 Å². The summed E-state index contributed by atoms with van der Waals surface area (Å²) in [6.45, 7) is 5.99. The van der Waals surface area contributed by atoms with Crippen LogP contribution in [0.3, 0.4) is 0 Å². The topological polar surface area (TPSA) is 51.0 Å². The van der Waals surface area contributed by atoms with Crippen molar-refractivity contribution in [1.29, 1.82) is 0 Å². The molecule has 0 radical (unpaired) electrons. The number of nitrogens with zero attached hydrogens (tertiary/aromatic N) is 2. The lowest BCUT2D eigenvalue weighted by molar-refractivity contribution is 0.664. The highest BCUT2D eigenvalue weighted by Gasteiger charge is 2.15. The monoisotopic (exact) mass is 275 g/mol. The van der Waals surface area contributed by atoms with Gasteiger partial charge in [-0.3, -0.25) is 0 Å². The lowest BCUT2D eigenvalue weighted by Crippen LogP contribution is -2.12. The van der Waals surface area contributed by atoms with Crippen molar-refractivity contribution in [2.45, 2.75) is 26.8 Å². The maximum Gasteiger partial charge on any atom is 0.196 e. The molecular weight excluding hydrogens is 262 g/mol. The van der Waals surface area contributed by atoms with Crippen molar-refractivity contribution in [1.82, 2.24) is 9.97 Å². The normalized spacial score (nSPS) is 11.6. The van der Waals surface area contributed by atoms with Gasteiger partial charge in [0, 0.05) is 16.5 Å². The Bertz CT molecular complexity index is 764. The molecule has 0 fully saturated rings. The lowest BCUT2D eigenvalue weighted by atomic mass is 10.2. The number of fused-ring (bicyclic) bond motifs is 3.